The lowest BCUT2D eigenvalue weighted by atomic mass is 10.2. The van der Waals surface area contributed by atoms with Crippen molar-refractivity contribution in [2.45, 2.75) is 0 Å². The molecule has 1 saturated heterocycles. The monoisotopic (exact) mass is 416 g/mol. The Labute approximate surface area is 171 Å². The van der Waals surface area contributed by atoms with Gasteiger partial charge in [-0.05, 0) is 53.7 Å². The average Bonchev–Trinajstić information content (AvgIpc) is 2.97. The number of ether oxygens (including phenoxy) is 1. The van der Waals surface area contributed by atoms with Gasteiger partial charge in [-0.1, -0.05) is 29.8 Å². The molecule has 0 unspecified atom stereocenters. The molecule has 2 aromatic rings. The highest BCUT2D eigenvalue weighted by atomic mass is 35.5. The number of carbonyl (C=O) groups excluding carboxylic acids is 3. The van der Waals surface area contributed by atoms with E-state index in [0.717, 1.165) is 22.2 Å². The highest BCUT2D eigenvalue weighted by Gasteiger charge is 2.34. The van der Waals surface area contributed by atoms with Crippen molar-refractivity contribution in [3.05, 3.63) is 69.6 Å². The van der Waals surface area contributed by atoms with Gasteiger partial charge in [-0.2, -0.15) is 0 Å². The Morgan fingerprint density at radius 3 is 2.68 bits per heavy atom. The number of rotatable bonds is 6. The molecular weight excluding hydrogens is 400 g/mol. The first-order valence-corrected chi connectivity index (χ1v) is 9.60. The molecule has 1 heterocycles. The van der Waals surface area contributed by atoms with Crippen LogP contribution >= 0.6 is 23.4 Å². The minimum Gasteiger partial charge on any atom is -0.497 e. The van der Waals surface area contributed by atoms with Crippen LogP contribution in [-0.4, -0.2) is 42.2 Å². The maximum absolute atomic E-state index is 12.5. The van der Waals surface area contributed by atoms with Crippen LogP contribution in [0.3, 0.4) is 0 Å². The Balaban J connectivity index is 1.58. The van der Waals surface area contributed by atoms with Crippen LogP contribution in [0.5, 0.6) is 5.75 Å². The van der Waals surface area contributed by atoms with Gasteiger partial charge < -0.3 is 10.1 Å². The predicted octanol–water partition coefficient (Wildman–Crippen LogP) is 3.81. The molecule has 0 saturated carbocycles. The van der Waals surface area contributed by atoms with E-state index in [1.54, 1.807) is 54.6 Å². The van der Waals surface area contributed by atoms with Crippen molar-refractivity contribution in [1.29, 1.82) is 0 Å². The highest BCUT2D eigenvalue weighted by molar-refractivity contribution is 8.18. The Morgan fingerprint density at radius 1 is 1.21 bits per heavy atom. The second-order valence-corrected chi connectivity index (χ2v) is 7.30. The highest BCUT2D eigenvalue weighted by Crippen LogP contribution is 2.32. The van der Waals surface area contributed by atoms with E-state index >= 15 is 0 Å². The lowest BCUT2D eigenvalue weighted by molar-refractivity contribution is -0.122. The number of benzene rings is 2. The molecular formula is C20H17ClN2O4S. The van der Waals surface area contributed by atoms with Crippen LogP contribution in [-0.2, 0) is 4.79 Å². The molecule has 1 aliphatic heterocycles. The first-order valence-electron chi connectivity index (χ1n) is 8.41. The van der Waals surface area contributed by atoms with E-state index in [0.29, 0.717) is 21.2 Å². The maximum atomic E-state index is 12.5. The molecule has 3 amide bonds. The van der Waals surface area contributed by atoms with E-state index in [4.69, 9.17) is 16.3 Å². The van der Waals surface area contributed by atoms with Crippen molar-refractivity contribution < 1.29 is 19.1 Å². The lowest BCUT2D eigenvalue weighted by Gasteiger charge is -2.13. The summed E-state index contributed by atoms with van der Waals surface area (Å²) in [5, 5.41) is 2.94. The first-order chi connectivity index (χ1) is 13.5. The summed E-state index contributed by atoms with van der Waals surface area (Å²) >= 11 is 6.73. The second-order valence-electron chi connectivity index (χ2n) is 5.87. The van der Waals surface area contributed by atoms with E-state index in [2.05, 4.69) is 5.32 Å². The number of amides is 3. The summed E-state index contributed by atoms with van der Waals surface area (Å²) in [5.41, 5.74) is 1.22. The van der Waals surface area contributed by atoms with Crippen LogP contribution in [0.25, 0.3) is 6.08 Å². The van der Waals surface area contributed by atoms with Crippen molar-refractivity contribution in [3.63, 3.8) is 0 Å². The Hall–Kier alpha value is -2.77. The number of hydrogen-bond donors (Lipinski definition) is 1. The lowest BCUT2D eigenvalue weighted by Crippen LogP contribution is -2.37. The Kier molecular flexibility index (Phi) is 6.38. The molecule has 144 valence electrons. The molecule has 0 aromatic heterocycles. The standard InChI is InChI=1S/C20H17ClN2O4S/c1-27-16-4-2-3-14(12-16)18(24)22-9-10-23-19(25)17(28-20(23)26)11-13-5-7-15(21)8-6-13/h2-8,11-12H,9-10H2,1H3,(H,22,24). The number of methoxy groups -OCH3 is 1. The van der Waals surface area contributed by atoms with Gasteiger partial charge in [0.15, 0.2) is 0 Å². The molecule has 0 radical (unpaired) electrons. The number of hydrogen-bond acceptors (Lipinski definition) is 5. The van der Waals surface area contributed by atoms with Crippen LogP contribution in [0.4, 0.5) is 4.79 Å². The average molecular weight is 417 g/mol. The van der Waals surface area contributed by atoms with Gasteiger partial charge in [0.05, 0.1) is 12.0 Å². The third-order valence-corrected chi connectivity index (χ3v) is 5.15. The SMILES string of the molecule is COc1cccc(C(=O)NCCN2C(=O)SC(=Cc3ccc(Cl)cc3)C2=O)c1. The number of halogens is 1. The van der Waals surface area contributed by atoms with E-state index < -0.39 is 0 Å². The number of carbonyl (C=O) groups is 3. The predicted molar refractivity (Wildman–Crippen MR) is 109 cm³/mol. The number of imide groups is 1. The van der Waals surface area contributed by atoms with Crippen molar-refractivity contribution in [1.82, 2.24) is 10.2 Å². The Bertz CT molecular complexity index is 943. The zero-order chi connectivity index (χ0) is 20.1. The molecule has 1 N–H and O–H groups in total. The first kappa shape index (κ1) is 20.0. The van der Waals surface area contributed by atoms with Crippen LogP contribution in [0.15, 0.2) is 53.4 Å². The molecule has 8 heteroatoms. The molecule has 1 aliphatic rings. The van der Waals surface area contributed by atoms with Crippen LogP contribution in [0.1, 0.15) is 15.9 Å². The van der Waals surface area contributed by atoms with Gasteiger partial charge in [0.2, 0.25) is 0 Å². The Morgan fingerprint density at radius 2 is 1.96 bits per heavy atom. The van der Waals surface area contributed by atoms with Crippen LogP contribution in [0.2, 0.25) is 5.02 Å². The van der Waals surface area contributed by atoms with E-state index in [1.807, 2.05) is 0 Å². The molecule has 0 atom stereocenters. The summed E-state index contributed by atoms with van der Waals surface area (Å²) < 4.78 is 5.09. The minimum absolute atomic E-state index is 0.0956. The fourth-order valence-electron chi connectivity index (χ4n) is 2.55. The van der Waals surface area contributed by atoms with Crippen LogP contribution < -0.4 is 10.1 Å². The zero-order valence-electron chi connectivity index (χ0n) is 15.0. The topological polar surface area (TPSA) is 75.7 Å². The molecule has 2 aromatic carbocycles. The molecule has 3 rings (SSSR count). The zero-order valence-corrected chi connectivity index (χ0v) is 16.5. The minimum atomic E-state index is -0.374. The molecule has 0 bridgehead atoms. The number of nitrogens with one attached hydrogen (secondary N) is 1. The summed E-state index contributed by atoms with van der Waals surface area (Å²) in [6, 6.07) is 13.7. The summed E-state index contributed by atoms with van der Waals surface area (Å²) in [4.78, 5) is 38.3. The normalized spacial score (nSPS) is 15.2. The quantitative estimate of drug-likeness (QED) is 0.724. The number of thioether (sulfide) groups is 1. The molecule has 0 spiro atoms. The second kappa shape index (κ2) is 8.95. The smallest absolute Gasteiger partial charge is 0.293 e. The fourth-order valence-corrected chi connectivity index (χ4v) is 3.54. The van der Waals surface area contributed by atoms with Gasteiger partial charge in [-0.3, -0.25) is 19.3 Å². The van der Waals surface area contributed by atoms with E-state index in [-0.39, 0.29) is 30.1 Å². The third kappa shape index (κ3) is 4.74. The summed E-state index contributed by atoms with van der Waals surface area (Å²) in [7, 11) is 1.52. The molecule has 28 heavy (non-hydrogen) atoms. The molecule has 6 nitrogen and oxygen atoms in total. The summed E-state index contributed by atoms with van der Waals surface area (Å²) in [6.07, 6.45) is 1.65. The largest absolute Gasteiger partial charge is 0.497 e. The number of nitrogens with zero attached hydrogens (tertiary/aromatic N) is 1. The van der Waals surface area contributed by atoms with E-state index in [9.17, 15) is 14.4 Å². The van der Waals surface area contributed by atoms with Gasteiger partial charge in [-0.15, -0.1) is 0 Å². The van der Waals surface area contributed by atoms with Crippen molar-refractivity contribution >= 4 is 46.5 Å². The van der Waals surface area contributed by atoms with E-state index in [1.165, 1.54) is 7.11 Å². The van der Waals surface area contributed by atoms with Gasteiger partial charge >= 0.3 is 0 Å². The van der Waals surface area contributed by atoms with Gasteiger partial charge in [0.25, 0.3) is 17.1 Å². The summed E-state index contributed by atoms with van der Waals surface area (Å²) in [6.45, 7) is 0.251. The van der Waals surface area contributed by atoms with Gasteiger partial charge in [0.1, 0.15) is 5.75 Å². The van der Waals surface area contributed by atoms with Gasteiger partial charge in [-0.25, -0.2) is 0 Å². The van der Waals surface area contributed by atoms with Gasteiger partial charge in [0, 0.05) is 23.7 Å². The van der Waals surface area contributed by atoms with Crippen molar-refractivity contribution in [2.75, 3.05) is 20.2 Å². The molecule has 1 fully saturated rings. The maximum Gasteiger partial charge on any atom is 0.293 e. The third-order valence-electron chi connectivity index (χ3n) is 3.99. The fraction of sp³-hybridized carbons (Fsp3) is 0.150. The van der Waals surface area contributed by atoms with Crippen molar-refractivity contribution in [3.8, 4) is 5.75 Å². The van der Waals surface area contributed by atoms with Crippen molar-refractivity contribution in [2.24, 2.45) is 0 Å². The van der Waals surface area contributed by atoms with Crippen LogP contribution in [0, 0.1) is 0 Å². The summed E-state index contributed by atoms with van der Waals surface area (Å²) in [5.74, 6) is -0.103. The molecule has 0 aliphatic carbocycles.